The number of carboxylic acids is 1. The number of carbonyl (C=O) groups excluding carboxylic acids is 1. The first-order valence-corrected chi connectivity index (χ1v) is 7.18. The summed E-state index contributed by atoms with van der Waals surface area (Å²) in [6, 6.07) is 5.22. The maximum Gasteiger partial charge on any atom is 0.335 e. The van der Waals surface area contributed by atoms with E-state index in [2.05, 4.69) is 26.1 Å². The summed E-state index contributed by atoms with van der Waals surface area (Å²) in [5.74, 6) is -0.937. The van der Waals surface area contributed by atoms with Crippen molar-refractivity contribution in [1.29, 1.82) is 0 Å². The highest BCUT2D eigenvalue weighted by molar-refractivity contribution is 9.10. The fourth-order valence-electron chi connectivity index (χ4n) is 2.72. The first-order valence-electron chi connectivity index (χ1n) is 6.38. The summed E-state index contributed by atoms with van der Waals surface area (Å²) < 4.78 is 0.767. The van der Waals surface area contributed by atoms with Gasteiger partial charge in [0.2, 0.25) is 0 Å². The van der Waals surface area contributed by atoms with Crippen LogP contribution < -0.4 is 10.2 Å². The molecule has 2 aliphatic heterocycles. The molecule has 0 bridgehead atoms. The number of nitrogens with zero attached hydrogens (tertiary/aromatic N) is 2. The lowest BCUT2D eigenvalue weighted by molar-refractivity contribution is 0.0696. The van der Waals surface area contributed by atoms with E-state index in [1.165, 1.54) is 0 Å². The highest BCUT2D eigenvalue weighted by Gasteiger charge is 2.35. The van der Waals surface area contributed by atoms with Crippen molar-refractivity contribution in [1.82, 2.24) is 10.2 Å². The number of fused-ring (bicyclic) bond motifs is 1. The lowest BCUT2D eigenvalue weighted by atomic mass is 10.1. The van der Waals surface area contributed by atoms with Crippen LogP contribution in [0.15, 0.2) is 22.7 Å². The molecule has 0 aliphatic carbocycles. The lowest BCUT2D eigenvalue weighted by Gasteiger charge is -2.38. The zero-order chi connectivity index (χ0) is 14.3. The molecule has 2 aliphatic rings. The number of rotatable bonds is 2. The first-order chi connectivity index (χ1) is 9.56. The van der Waals surface area contributed by atoms with Crippen molar-refractivity contribution in [2.45, 2.75) is 6.04 Å². The summed E-state index contributed by atoms with van der Waals surface area (Å²) in [5.41, 5.74) is 1.23. The number of aromatic carboxylic acids is 1. The second kappa shape index (κ2) is 4.97. The maximum absolute atomic E-state index is 11.6. The van der Waals surface area contributed by atoms with Crippen LogP contribution in [0.3, 0.4) is 0 Å². The van der Waals surface area contributed by atoms with Crippen LogP contribution in [0.25, 0.3) is 0 Å². The van der Waals surface area contributed by atoms with Crippen LogP contribution in [0.2, 0.25) is 0 Å². The number of halogens is 1. The minimum Gasteiger partial charge on any atom is -0.478 e. The number of urea groups is 1. The molecule has 2 amide bonds. The van der Waals surface area contributed by atoms with Crippen molar-refractivity contribution in [3.63, 3.8) is 0 Å². The molecular formula is C13H14BrN3O3. The Morgan fingerprint density at radius 1 is 1.40 bits per heavy atom. The topological polar surface area (TPSA) is 72.9 Å². The molecule has 1 aromatic carbocycles. The van der Waals surface area contributed by atoms with Gasteiger partial charge >= 0.3 is 12.0 Å². The zero-order valence-corrected chi connectivity index (χ0v) is 12.3. The van der Waals surface area contributed by atoms with Gasteiger partial charge in [-0.05, 0) is 34.1 Å². The Morgan fingerprint density at radius 2 is 2.20 bits per heavy atom. The second-order valence-electron chi connectivity index (χ2n) is 4.95. The van der Waals surface area contributed by atoms with Crippen LogP contribution in [0.4, 0.5) is 10.5 Å². The van der Waals surface area contributed by atoms with Gasteiger partial charge in [0, 0.05) is 30.7 Å². The van der Waals surface area contributed by atoms with Crippen LogP contribution in [0.5, 0.6) is 0 Å². The van der Waals surface area contributed by atoms with Crippen LogP contribution in [-0.2, 0) is 0 Å². The quantitative estimate of drug-likeness (QED) is 0.853. The fourth-order valence-corrected chi connectivity index (χ4v) is 3.35. The first kappa shape index (κ1) is 13.2. The number of amides is 2. The highest BCUT2D eigenvalue weighted by atomic mass is 79.9. The van der Waals surface area contributed by atoms with Gasteiger partial charge in [-0.2, -0.15) is 0 Å². The summed E-state index contributed by atoms with van der Waals surface area (Å²) in [4.78, 5) is 26.5. The van der Waals surface area contributed by atoms with Gasteiger partial charge in [-0.3, -0.25) is 0 Å². The summed E-state index contributed by atoms with van der Waals surface area (Å²) in [5, 5.41) is 11.8. The molecule has 0 spiro atoms. The lowest BCUT2D eigenvalue weighted by Crippen LogP contribution is -2.52. The average Bonchev–Trinajstić information content (AvgIpc) is 2.79. The summed E-state index contributed by atoms with van der Waals surface area (Å²) in [7, 11) is 0. The maximum atomic E-state index is 11.6. The highest BCUT2D eigenvalue weighted by Crippen LogP contribution is 2.29. The molecule has 1 unspecified atom stereocenters. The van der Waals surface area contributed by atoms with Crippen LogP contribution in [0, 0.1) is 0 Å². The molecule has 1 atom stereocenters. The Bertz CT molecular complexity index is 578. The normalized spacial score (nSPS) is 21.6. The van der Waals surface area contributed by atoms with E-state index >= 15 is 0 Å². The molecule has 2 heterocycles. The number of carbonyl (C=O) groups is 2. The smallest absolute Gasteiger partial charge is 0.335 e. The third-order valence-corrected chi connectivity index (χ3v) is 4.40. The van der Waals surface area contributed by atoms with Gasteiger partial charge in [-0.1, -0.05) is 0 Å². The zero-order valence-electron chi connectivity index (χ0n) is 10.7. The number of anilines is 1. The molecule has 0 saturated carbocycles. The largest absolute Gasteiger partial charge is 0.478 e. The minimum atomic E-state index is -0.937. The SMILES string of the molecule is O=C(O)c1ccc(N2CCN3C(=O)NCC3C2)c(Br)c1. The van der Waals surface area contributed by atoms with E-state index in [0.29, 0.717) is 13.1 Å². The second-order valence-corrected chi connectivity index (χ2v) is 5.80. The number of hydrogen-bond donors (Lipinski definition) is 2. The van der Waals surface area contributed by atoms with Crippen LogP contribution in [-0.4, -0.2) is 54.2 Å². The number of hydrogen-bond acceptors (Lipinski definition) is 3. The molecule has 7 heteroatoms. The molecule has 106 valence electrons. The minimum absolute atomic E-state index is 0.00920. The third-order valence-electron chi connectivity index (χ3n) is 3.77. The van der Waals surface area contributed by atoms with E-state index in [0.717, 1.165) is 23.2 Å². The van der Waals surface area contributed by atoms with Gasteiger partial charge in [-0.25, -0.2) is 9.59 Å². The van der Waals surface area contributed by atoms with E-state index in [4.69, 9.17) is 5.11 Å². The number of benzene rings is 1. The molecular weight excluding hydrogens is 326 g/mol. The third kappa shape index (κ3) is 2.22. The molecule has 20 heavy (non-hydrogen) atoms. The molecule has 6 nitrogen and oxygen atoms in total. The number of piperazine rings is 1. The van der Waals surface area contributed by atoms with Gasteiger partial charge in [0.1, 0.15) is 0 Å². The van der Waals surface area contributed by atoms with Crippen LogP contribution in [0.1, 0.15) is 10.4 Å². The summed E-state index contributed by atoms with van der Waals surface area (Å²) >= 11 is 3.43. The number of nitrogens with one attached hydrogen (secondary N) is 1. The Labute approximate surface area is 124 Å². The van der Waals surface area contributed by atoms with E-state index in [1.54, 1.807) is 12.1 Å². The Balaban J connectivity index is 1.80. The van der Waals surface area contributed by atoms with Crippen molar-refractivity contribution in [2.24, 2.45) is 0 Å². The monoisotopic (exact) mass is 339 g/mol. The van der Waals surface area contributed by atoms with Crippen molar-refractivity contribution in [3.8, 4) is 0 Å². The van der Waals surface area contributed by atoms with E-state index in [-0.39, 0.29) is 17.6 Å². The van der Waals surface area contributed by atoms with Gasteiger partial charge < -0.3 is 20.2 Å². The van der Waals surface area contributed by atoms with Gasteiger partial charge in [-0.15, -0.1) is 0 Å². The Kier molecular flexibility index (Phi) is 3.29. The molecule has 0 aromatic heterocycles. The number of carboxylic acid groups (broad SMARTS) is 1. The molecule has 0 radical (unpaired) electrons. The van der Waals surface area contributed by atoms with E-state index in [1.807, 2.05) is 11.0 Å². The summed E-state index contributed by atoms with van der Waals surface area (Å²) in [6.07, 6.45) is 0. The standard InChI is InChI=1S/C13H14BrN3O3/c14-10-5-8(12(18)19)1-2-11(10)16-3-4-17-9(7-16)6-15-13(17)20/h1-2,5,9H,3-4,6-7H2,(H,15,20)(H,18,19). The molecule has 1 aromatic rings. The predicted molar refractivity (Wildman–Crippen MR) is 77.2 cm³/mol. The fraction of sp³-hybridized carbons (Fsp3) is 0.385. The van der Waals surface area contributed by atoms with Crippen molar-refractivity contribution >= 4 is 33.6 Å². The van der Waals surface area contributed by atoms with E-state index < -0.39 is 5.97 Å². The molecule has 3 rings (SSSR count). The molecule has 2 fully saturated rings. The Hall–Kier alpha value is -1.76. The molecule has 2 N–H and O–H groups in total. The van der Waals surface area contributed by atoms with Crippen molar-refractivity contribution in [2.75, 3.05) is 31.1 Å². The van der Waals surface area contributed by atoms with Gasteiger partial charge in [0.15, 0.2) is 0 Å². The van der Waals surface area contributed by atoms with Crippen LogP contribution >= 0.6 is 15.9 Å². The van der Waals surface area contributed by atoms with Gasteiger partial charge in [0.25, 0.3) is 0 Å². The van der Waals surface area contributed by atoms with Crippen molar-refractivity contribution < 1.29 is 14.7 Å². The predicted octanol–water partition coefficient (Wildman–Crippen LogP) is 1.36. The van der Waals surface area contributed by atoms with Gasteiger partial charge in [0.05, 0.1) is 17.3 Å². The average molecular weight is 340 g/mol. The summed E-state index contributed by atoms with van der Waals surface area (Å²) in [6.45, 7) is 2.85. The molecule has 2 saturated heterocycles. The van der Waals surface area contributed by atoms with Crippen molar-refractivity contribution in [3.05, 3.63) is 28.2 Å². The van der Waals surface area contributed by atoms with E-state index in [9.17, 15) is 9.59 Å². The Morgan fingerprint density at radius 3 is 2.90 bits per heavy atom.